The first-order chi connectivity index (χ1) is 20.8. The molecule has 238 valence electrons. The Morgan fingerprint density at radius 1 is 0.814 bits per heavy atom. The number of amides is 1. The van der Waals surface area contributed by atoms with E-state index in [2.05, 4.69) is 73.8 Å². The molecule has 1 heterocycles. The van der Waals surface area contributed by atoms with Gasteiger partial charge in [0.05, 0.1) is 18.9 Å². The van der Waals surface area contributed by atoms with Crippen molar-refractivity contribution in [2.24, 2.45) is 0 Å². The highest BCUT2D eigenvalue weighted by Crippen LogP contribution is 2.33. The summed E-state index contributed by atoms with van der Waals surface area (Å²) in [5.74, 6) is 1.95. The molecule has 0 radical (unpaired) electrons. The number of hydrogen-bond donors (Lipinski definition) is 1. The highest BCUT2D eigenvalue weighted by molar-refractivity contribution is 8.02. The van der Waals surface area contributed by atoms with Gasteiger partial charge in [0, 0.05) is 18.4 Å². The summed E-state index contributed by atoms with van der Waals surface area (Å²) in [5.41, 5.74) is 4.20. The maximum Gasteiger partial charge on any atom is 0.228 e. The van der Waals surface area contributed by atoms with Gasteiger partial charge in [-0.05, 0) is 52.1 Å². The number of carbonyl (C=O) groups is 1. The molecule has 1 aliphatic heterocycles. The van der Waals surface area contributed by atoms with E-state index in [1.807, 2.05) is 30.0 Å². The topological polar surface area (TPSA) is 41.6 Å². The molecule has 1 aliphatic rings. The number of nitrogens with one attached hydrogen (secondary N) is 1. The van der Waals surface area contributed by atoms with Gasteiger partial charge in [-0.15, -0.1) is 11.8 Å². The van der Waals surface area contributed by atoms with Crippen molar-refractivity contribution in [1.82, 2.24) is 4.90 Å². The van der Waals surface area contributed by atoms with Gasteiger partial charge in [-0.3, -0.25) is 4.79 Å². The molecule has 4 nitrogen and oxygen atoms in total. The van der Waals surface area contributed by atoms with Crippen LogP contribution in [0, 0.1) is 0 Å². The summed E-state index contributed by atoms with van der Waals surface area (Å²) < 4.78 is 6.28. The third-order valence-corrected chi connectivity index (χ3v) is 9.00. The molecular weight excluding hydrogens is 548 g/mol. The van der Waals surface area contributed by atoms with E-state index in [4.69, 9.17) is 4.74 Å². The van der Waals surface area contributed by atoms with Crippen LogP contribution in [0.4, 0.5) is 5.69 Å². The Morgan fingerprint density at radius 2 is 1.40 bits per heavy atom. The minimum absolute atomic E-state index is 0.00237. The van der Waals surface area contributed by atoms with Crippen molar-refractivity contribution in [1.29, 1.82) is 0 Å². The van der Waals surface area contributed by atoms with Gasteiger partial charge < -0.3 is 15.0 Å². The summed E-state index contributed by atoms with van der Waals surface area (Å²) in [6, 6.07) is 14.4. The van der Waals surface area contributed by atoms with Gasteiger partial charge in [-0.1, -0.05) is 135 Å². The number of carbonyl (C=O) groups excluding carboxylic acids is 1. The first-order valence-electron chi connectivity index (χ1n) is 17.0. The quantitative estimate of drug-likeness (QED) is 0.144. The normalized spacial score (nSPS) is 13.1. The summed E-state index contributed by atoms with van der Waals surface area (Å²) >= 11 is 1.81. The molecule has 0 spiro atoms. The van der Waals surface area contributed by atoms with Crippen LogP contribution < -0.4 is 10.1 Å². The van der Waals surface area contributed by atoms with Crippen LogP contribution in [-0.2, 0) is 23.2 Å². The van der Waals surface area contributed by atoms with E-state index < -0.39 is 0 Å². The Balaban J connectivity index is 1.33. The Hall–Kier alpha value is -2.40. The minimum Gasteiger partial charge on any atom is -0.493 e. The van der Waals surface area contributed by atoms with Crippen molar-refractivity contribution in [2.75, 3.05) is 17.8 Å². The largest absolute Gasteiger partial charge is 0.493 e. The van der Waals surface area contributed by atoms with Crippen LogP contribution in [0.2, 0.25) is 0 Å². The van der Waals surface area contributed by atoms with Crippen molar-refractivity contribution >= 4 is 23.4 Å². The SMILES string of the molecule is CCCCCCCCCCCCCCCCOc1ccc(CC(=O)Nc2ccc(CN3C=CSC3)cc2)cc1C(C)(C)C. The lowest BCUT2D eigenvalue weighted by Crippen LogP contribution is -2.17. The summed E-state index contributed by atoms with van der Waals surface area (Å²) in [6.07, 6.45) is 21.5. The number of hydrogen-bond acceptors (Lipinski definition) is 4. The number of anilines is 1. The van der Waals surface area contributed by atoms with Crippen LogP contribution in [0.1, 0.15) is 134 Å². The molecule has 0 bridgehead atoms. The summed E-state index contributed by atoms with van der Waals surface area (Å²) in [5, 5.41) is 5.19. The molecule has 3 rings (SSSR count). The van der Waals surface area contributed by atoms with Crippen LogP contribution in [0.5, 0.6) is 5.75 Å². The highest BCUT2D eigenvalue weighted by Gasteiger charge is 2.20. The van der Waals surface area contributed by atoms with Crippen molar-refractivity contribution in [3.05, 3.63) is 70.8 Å². The lowest BCUT2D eigenvalue weighted by atomic mass is 9.85. The van der Waals surface area contributed by atoms with E-state index in [1.165, 1.54) is 94.6 Å². The van der Waals surface area contributed by atoms with Crippen molar-refractivity contribution in [3.63, 3.8) is 0 Å². The van der Waals surface area contributed by atoms with Gasteiger partial charge in [0.2, 0.25) is 5.91 Å². The maximum atomic E-state index is 12.9. The molecule has 0 unspecified atom stereocenters. The van der Waals surface area contributed by atoms with E-state index >= 15 is 0 Å². The average Bonchev–Trinajstić information content (AvgIpc) is 3.49. The highest BCUT2D eigenvalue weighted by atomic mass is 32.2. The zero-order valence-electron chi connectivity index (χ0n) is 27.6. The Labute approximate surface area is 267 Å². The fraction of sp³-hybridized carbons (Fsp3) is 0.605. The van der Waals surface area contributed by atoms with Gasteiger partial charge in [0.25, 0.3) is 0 Å². The minimum atomic E-state index is -0.0593. The predicted octanol–water partition coefficient (Wildman–Crippen LogP) is 11.0. The molecule has 0 aliphatic carbocycles. The van der Waals surface area contributed by atoms with Crippen molar-refractivity contribution in [3.8, 4) is 5.75 Å². The first-order valence-corrected chi connectivity index (χ1v) is 18.1. The monoisotopic (exact) mass is 606 g/mol. The van der Waals surface area contributed by atoms with Gasteiger partial charge in [-0.25, -0.2) is 0 Å². The molecule has 5 heteroatoms. The second-order valence-corrected chi connectivity index (χ2v) is 14.1. The Kier molecular flexibility index (Phi) is 16.1. The summed E-state index contributed by atoms with van der Waals surface area (Å²) in [7, 11) is 0. The van der Waals surface area contributed by atoms with Gasteiger partial charge in [-0.2, -0.15) is 0 Å². The third-order valence-electron chi connectivity index (χ3n) is 8.20. The molecule has 0 saturated heterocycles. The molecule has 0 atom stereocenters. The molecule has 0 saturated carbocycles. The maximum absolute atomic E-state index is 12.9. The van der Waals surface area contributed by atoms with Crippen LogP contribution in [0.25, 0.3) is 0 Å². The number of ether oxygens (including phenoxy) is 1. The molecule has 1 amide bonds. The van der Waals surface area contributed by atoms with Gasteiger partial charge in [0.1, 0.15) is 5.75 Å². The molecular formula is C38H58N2O2S. The molecule has 0 fully saturated rings. The molecule has 2 aromatic carbocycles. The molecule has 1 N–H and O–H groups in total. The molecule has 43 heavy (non-hydrogen) atoms. The zero-order chi connectivity index (χ0) is 30.8. The molecule has 0 aromatic heterocycles. The van der Waals surface area contributed by atoms with E-state index in [1.54, 1.807) is 0 Å². The second-order valence-electron chi connectivity index (χ2n) is 13.3. The van der Waals surface area contributed by atoms with Crippen molar-refractivity contribution in [2.45, 2.75) is 136 Å². The van der Waals surface area contributed by atoms with Crippen LogP contribution in [0.15, 0.2) is 54.1 Å². The number of unbranched alkanes of at least 4 members (excludes halogenated alkanes) is 13. The summed E-state index contributed by atoms with van der Waals surface area (Å²) in [6.45, 7) is 10.6. The fourth-order valence-electron chi connectivity index (χ4n) is 5.61. The van der Waals surface area contributed by atoms with Crippen molar-refractivity contribution < 1.29 is 9.53 Å². The van der Waals surface area contributed by atoms with E-state index in [0.29, 0.717) is 6.42 Å². The fourth-order valence-corrected chi connectivity index (χ4v) is 6.32. The van der Waals surface area contributed by atoms with Gasteiger partial charge >= 0.3 is 0 Å². The second kappa shape index (κ2) is 19.8. The number of nitrogens with zero attached hydrogens (tertiary/aromatic N) is 1. The van der Waals surface area contributed by atoms with Crippen LogP contribution in [-0.4, -0.2) is 23.3 Å². The smallest absolute Gasteiger partial charge is 0.228 e. The van der Waals surface area contributed by atoms with E-state index in [-0.39, 0.29) is 11.3 Å². The number of rotatable bonds is 21. The van der Waals surface area contributed by atoms with E-state index in [0.717, 1.165) is 42.4 Å². The first kappa shape index (κ1) is 35.1. The average molecular weight is 607 g/mol. The zero-order valence-corrected chi connectivity index (χ0v) is 28.4. The number of thioether (sulfide) groups is 1. The summed E-state index contributed by atoms with van der Waals surface area (Å²) in [4.78, 5) is 15.1. The predicted molar refractivity (Wildman–Crippen MR) is 187 cm³/mol. The lowest BCUT2D eigenvalue weighted by Gasteiger charge is -2.24. The lowest BCUT2D eigenvalue weighted by molar-refractivity contribution is -0.115. The molecule has 2 aromatic rings. The van der Waals surface area contributed by atoms with Gasteiger partial charge in [0.15, 0.2) is 0 Å². The Morgan fingerprint density at radius 3 is 1.95 bits per heavy atom. The third kappa shape index (κ3) is 14.3. The van der Waals surface area contributed by atoms with Crippen LogP contribution in [0.3, 0.4) is 0 Å². The van der Waals surface area contributed by atoms with E-state index in [9.17, 15) is 4.79 Å². The standard InChI is InChI=1S/C38H58N2O2S/c1-5-6-7-8-9-10-11-12-13-14-15-16-17-18-26-42-36-24-21-33(28-35(36)38(2,3)4)29-37(41)39-34-22-19-32(20-23-34)30-40-25-27-43-31-40/h19-25,27-28H,5-18,26,29-31H2,1-4H3,(H,39,41). The number of benzene rings is 2. The Bertz CT molecular complexity index is 1090. The van der Waals surface area contributed by atoms with Crippen LogP contribution >= 0.6 is 11.8 Å².